The maximum absolute atomic E-state index is 12.8. The van der Waals surface area contributed by atoms with E-state index in [9.17, 15) is 22.8 Å². The molecule has 8 heteroatoms. The van der Waals surface area contributed by atoms with Crippen molar-refractivity contribution in [3.05, 3.63) is 35.4 Å². The van der Waals surface area contributed by atoms with Gasteiger partial charge in [-0.1, -0.05) is 26.0 Å². The largest absolute Gasteiger partial charge is 0.453 e. The Balaban J connectivity index is 2.87. The van der Waals surface area contributed by atoms with Gasteiger partial charge in [0.15, 0.2) is 0 Å². The Kier molecular flexibility index (Phi) is 6.41. The number of nitrogens with one attached hydrogen (secondary N) is 2. The van der Waals surface area contributed by atoms with Crippen molar-refractivity contribution in [2.75, 3.05) is 13.7 Å². The second-order valence-electron chi connectivity index (χ2n) is 5.26. The lowest BCUT2D eigenvalue weighted by molar-refractivity contribution is -0.137. The lowest BCUT2D eigenvalue weighted by Gasteiger charge is -2.24. The van der Waals surface area contributed by atoms with Gasteiger partial charge in [-0.2, -0.15) is 13.2 Å². The maximum atomic E-state index is 12.8. The van der Waals surface area contributed by atoms with Gasteiger partial charge in [0, 0.05) is 0 Å². The molecule has 2 N–H and O–H groups in total. The molecule has 1 aromatic carbocycles. The zero-order valence-corrected chi connectivity index (χ0v) is 13.0. The quantitative estimate of drug-likeness (QED) is 0.871. The number of hydrogen-bond donors (Lipinski definition) is 2. The number of hydrogen-bond acceptors (Lipinski definition) is 3. The van der Waals surface area contributed by atoms with Crippen molar-refractivity contribution >= 4 is 12.0 Å². The topological polar surface area (TPSA) is 67.4 Å². The first-order valence-corrected chi connectivity index (χ1v) is 6.93. The van der Waals surface area contributed by atoms with Crippen LogP contribution < -0.4 is 10.6 Å². The molecule has 0 radical (unpaired) electrons. The van der Waals surface area contributed by atoms with Crippen LogP contribution in [0, 0.1) is 5.92 Å². The van der Waals surface area contributed by atoms with E-state index in [2.05, 4.69) is 15.4 Å². The molecule has 0 fully saturated rings. The number of rotatable bonds is 5. The molecule has 5 nitrogen and oxygen atoms in total. The first-order chi connectivity index (χ1) is 10.6. The second-order valence-corrected chi connectivity index (χ2v) is 5.26. The van der Waals surface area contributed by atoms with Crippen LogP contribution in [-0.2, 0) is 15.7 Å². The van der Waals surface area contributed by atoms with Crippen LogP contribution >= 0.6 is 0 Å². The first-order valence-electron chi connectivity index (χ1n) is 6.93. The number of benzene rings is 1. The molecule has 128 valence electrons. The molecule has 23 heavy (non-hydrogen) atoms. The zero-order valence-electron chi connectivity index (χ0n) is 13.0. The number of ether oxygens (including phenoxy) is 1. The smallest absolute Gasteiger partial charge is 0.416 e. The summed E-state index contributed by atoms with van der Waals surface area (Å²) >= 11 is 0. The Morgan fingerprint density at radius 3 is 2.43 bits per heavy atom. The van der Waals surface area contributed by atoms with E-state index in [1.54, 1.807) is 13.8 Å². The number of amides is 2. The standard InChI is InChI=1S/C15H19F3N2O3/c1-9(2)13(20-12(21)8-19-14(22)23-3)10-5-4-6-11(7-10)15(16,17)18/h4-7,9,13H,8H2,1-3H3,(H,19,22)(H,20,21)/t13-/m1/s1. The summed E-state index contributed by atoms with van der Waals surface area (Å²) in [6.07, 6.45) is -5.21. The van der Waals surface area contributed by atoms with Gasteiger partial charge >= 0.3 is 12.3 Å². The normalized spacial score (nSPS) is 12.7. The molecule has 0 aromatic heterocycles. The van der Waals surface area contributed by atoms with Crippen molar-refractivity contribution in [2.24, 2.45) is 5.92 Å². The zero-order chi connectivity index (χ0) is 17.6. The van der Waals surface area contributed by atoms with Crippen molar-refractivity contribution in [3.63, 3.8) is 0 Å². The average Bonchev–Trinajstić information content (AvgIpc) is 2.49. The van der Waals surface area contributed by atoms with E-state index in [0.29, 0.717) is 5.56 Å². The van der Waals surface area contributed by atoms with Crippen LogP contribution in [0.3, 0.4) is 0 Å². The molecule has 0 saturated carbocycles. The van der Waals surface area contributed by atoms with Gasteiger partial charge < -0.3 is 15.4 Å². The molecule has 0 saturated heterocycles. The number of methoxy groups -OCH3 is 1. The van der Waals surface area contributed by atoms with Crippen LogP contribution in [0.5, 0.6) is 0 Å². The molecule has 0 aliphatic heterocycles. The summed E-state index contributed by atoms with van der Waals surface area (Å²) in [7, 11) is 1.16. The van der Waals surface area contributed by atoms with E-state index in [4.69, 9.17) is 0 Å². The van der Waals surface area contributed by atoms with Gasteiger partial charge in [-0.05, 0) is 23.6 Å². The minimum atomic E-state index is -4.45. The molecule has 1 rings (SSSR count). The third-order valence-electron chi connectivity index (χ3n) is 3.13. The summed E-state index contributed by atoms with van der Waals surface area (Å²) < 4.78 is 42.7. The summed E-state index contributed by atoms with van der Waals surface area (Å²) in [6.45, 7) is 3.23. The molecule has 0 aliphatic carbocycles. The SMILES string of the molecule is COC(=O)NCC(=O)N[C@@H](c1cccc(C(F)(F)F)c1)C(C)C. The second kappa shape index (κ2) is 7.85. The summed E-state index contributed by atoms with van der Waals surface area (Å²) in [6, 6.07) is 4.20. The third kappa shape index (κ3) is 5.80. The molecule has 0 aliphatic rings. The molecule has 2 amide bonds. The lowest BCUT2D eigenvalue weighted by Crippen LogP contribution is -2.40. The van der Waals surface area contributed by atoms with Gasteiger partial charge in [0.05, 0.1) is 18.7 Å². The third-order valence-corrected chi connectivity index (χ3v) is 3.13. The van der Waals surface area contributed by atoms with E-state index < -0.39 is 29.8 Å². The number of alkyl carbamates (subject to hydrolysis) is 1. The molecule has 1 atom stereocenters. The van der Waals surface area contributed by atoms with Crippen LogP contribution in [0.2, 0.25) is 0 Å². The number of carbonyl (C=O) groups is 2. The van der Waals surface area contributed by atoms with E-state index in [1.165, 1.54) is 12.1 Å². The fraction of sp³-hybridized carbons (Fsp3) is 0.467. The van der Waals surface area contributed by atoms with Crippen LogP contribution in [0.25, 0.3) is 0 Å². The Bertz CT molecular complexity index is 559. The molecule has 0 spiro atoms. The van der Waals surface area contributed by atoms with Crippen LogP contribution in [0.4, 0.5) is 18.0 Å². The van der Waals surface area contributed by atoms with Gasteiger partial charge in [0.25, 0.3) is 0 Å². The molecule has 0 bridgehead atoms. The Labute approximate surface area is 132 Å². The van der Waals surface area contributed by atoms with Crippen molar-refractivity contribution in [2.45, 2.75) is 26.1 Å². The Morgan fingerprint density at radius 2 is 1.91 bits per heavy atom. The van der Waals surface area contributed by atoms with Gasteiger partial charge in [0.2, 0.25) is 5.91 Å². The van der Waals surface area contributed by atoms with Gasteiger partial charge in [-0.15, -0.1) is 0 Å². The average molecular weight is 332 g/mol. The van der Waals surface area contributed by atoms with E-state index >= 15 is 0 Å². The monoisotopic (exact) mass is 332 g/mol. The van der Waals surface area contributed by atoms with E-state index in [-0.39, 0.29) is 12.5 Å². The lowest BCUT2D eigenvalue weighted by atomic mass is 9.94. The Hall–Kier alpha value is -2.25. The van der Waals surface area contributed by atoms with Crippen LogP contribution in [0.15, 0.2) is 24.3 Å². The highest BCUT2D eigenvalue weighted by Gasteiger charge is 2.31. The minimum Gasteiger partial charge on any atom is -0.453 e. The Morgan fingerprint density at radius 1 is 1.26 bits per heavy atom. The summed E-state index contributed by atoms with van der Waals surface area (Å²) in [5.74, 6) is -0.660. The maximum Gasteiger partial charge on any atom is 0.416 e. The van der Waals surface area contributed by atoms with Crippen LogP contribution in [0.1, 0.15) is 31.0 Å². The van der Waals surface area contributed by atoms with E-state index in [0.717, 1.165) is 19.2 Å². The fourth-order valence-corrected chi connectivity index (χ4v) is 1.99. The molecular weight excluding hydrogens is 313 g/mol. The van der Waals surface area contributed by atoms with E-state index in [1.807, 2.05) is 0 Å². The number of carbonyl (C=O) groups excluding carboxylic acids is 2. The summed E-state index contributed by atoms with van der Waals surface area (Å²) in [5.41, 5.74) is -0.427. The number of halogens is 3. The highest BCUT2D eigenvalue weighted by Crippen LogP contribution is 2.32. The summed E-state index contributed by atoms with van der Waals surface area (Å²) in [4.78, 5) is 22.8. The highest BCUT2D eigenvalue weighted by molar-refractivity contribution is 5.82. The first kappa shape index (κ1) is 18.8. The molecular formula is C15H19F3N2O3. The van der Waals surface area contributed by atoms with Crippen molar-refractivity contribution in [3.8, 4) is 0 Å². The number of alkyl halides is 3. The fourth-order valence-electron chi connectivity index (χ4n) is 1.99. The van der Waals surface area contributed by atoms with Gasteiger partial charge in [0.1, 0.15) is 6.54 Å². The predicted octanol–water partition coefficient (Wildman–Crippen LogP) is 2.87. The van der Waals surface area contributed by atoms with Gasteiger partial charge in [-0.3, -0.25) is 4.79 Å². The van der Waals surface area contributed by atoms with Crippen molar-refractivity contribution in [1.82, 2.24) is 10.6 Å². The summed E-state index contributed by atoms with van der Waals surface area (Å²) in [5, 5.41) is 4.82. The van der Waals surface area contributed by atoms with Crippen LogP contribution in [-0.4, -0.2) is 25.7 Å². The molecule has 0 unspecified atom stereocenters. The van der Waals surface area contributed by atoms with Crippen molar-refractivity contribution in [1.29, 1.82) is 0 Å². The van der Waals surface area contributed by atoms with Gasteiger partial charge in [-0.25, -0.2) is 4.79 Å². The molecule has 1 aromatic rings. The predicted molar refractivity (Wildman–Crippen MR) is 77.6 cm³/mol. The molecule has 0 heterocycles. The van der Waals surface area contributed by atoms with Crippen molar-refractivity contribution < 1.29 is 27.5 Å². The minimum absolute atomic E-state index is 0.138. The highest BCUT2D eigenvalue weighted by atomic mass is 19.4.